The Kier molecular flexibility index (Phi) is 4.95. The summed E-state index contributed by atoms with van der Waals surface area (Å²) in [6.45, 7) is 0.989. The minimum atomic E-state index is -0.973. The number of amides is 1. The molecule has 0 aliphatic carbocycles. The summed E-state index contributed by atoms with van der Waals surface area (Å²) in [7, 11) is 1.64. The molecule has 2 aromatic heterocycles. The monoisotopic (exact) mass is 402 g/mol. The van der Waals surface area contributed by atoms with Crippen LogP contribution in [0.1, 0.15) is 16.8 Å². The topological polar surface area (TPSA) is 101 Å². The van der Waals surface area contributed by atoms with Crippen LogP contribution in [-0.2, 0) is 19.4 Å². The van der Waals surface area contributed by atoms with Crippen LogP contribution in [0.4, 0.5) is 4.79 Å². The molecule has 1 aromatic carbocycles. The van der Waals surface area contributed by atoms with Gasteiger partial charge in [-0.05, 0) is 35.7 Å². The van der Waals surface area contributed by atoms with Crippen molar-refractivity contribution in [3.05, 3.63) is 46.5 Å². The first-order valence-electron chi connectivity index (χ1n) is 8.85. The number of nitrogens with one attached hydrogen (secondary N) is 1. The van der Waals surface area contributed by atoms with Crippen LogP contribution in [0.15, 0.2) is 24.4 Å². The van der Waals surface area contributed by atoms with Gasteiger partial charge in [-0.25, -0.2) is 9.78 Å². The Morgan fingerprint density at radius 3 is 3.04 bits per heavy atom. The molecule has 1 amide bonds. The maximum atomic E-state index is 11.2. The minimum absolute atomic E-state index is 0.0557. The van der Waals surface area contributed by atoms with Crippen molar-refractivity contribution in [2.45, 2.75) is 19.4 Å². The Balaban J connectivity index is 1.48. The van der Waals surface area contributed by atoms with E-state index < -0.39 is 6.09 Å². The van der Waals surface area contributed by atoms with Crippen LogP contribution in [0.25, 0.3) is 10.9 Å². The number of H-pyrrole nitrogens is 1. The van der Waals surface area contributed by atoms with Gasteiger partial charge in [-0.1, -0.05) is 0 Å². The second-order valence-electron chi connectivity index (χ2n) is 6.50. The maximum Gasteiger partial charge on any atom is 0.407 e. The number of ether oxygens (including phenoxy) is 2. The van der Waals surface area contributed by atoms with Gasteiger partial charge < -0.3 is 24.5 Å². The number of carboxylic acid groups (broad SMARTS) is 1. The zero-order valence-corrected chi connectivity index (χ0v) is 16.0. The van der Waals surface area contributed by atoms with Crippen LogP contribution >= 0.6 is 11.6 Å². The number of methoxy groups -OCH3 is 1. The molecule has 8 nitrogen and oxygen atoms in total. The van der Waals surface area contributed by atoms with Crippen LogP contribution < -0.4 is 9.47 Å². The number of hydrogen-bond acceptors (Lipinski definition) is 5. The Morgan fingerprint density at radius 1 is 1.39 bits per heavy atom. The van der Waals surface area contributed by atoms with Crippen molar-refractivity contribution in [1.82, 2.24) is 19.9 Å². The van der Waals surface area contributed by atoms with E-state index in [0.29, 0.717) is 37.6 Å². The predicted octanol–water partition coefficient (Wildman–Crippen LogP) is 3.28. The molecule has 0 bridgehead atoms. The van der Waals surface area contributed by atoms with Gasteiger partial charge in [0.1, 0.15) is 5.75 Å². The van der Waals surface area contributed by atoms with Gasteiger partial charge in [0, 0.05) is 41.7 Å². The van der Waals surface area contributed by atoms with E-state index in [-0.39, 0.29) is 11.8 Å². The van der Waals surface area contributed by atoms with Gasteiger partial charge in [0.05, 0.1) is 26.0 Å². The highest BCUT2D eigenvalue weighted by Gasteiger charge is 2.25. The number of aromatic nitrogens is 3. The first-order valence-corrected chi connectivity index (χ1v) is 9.23. The molecule has 1 aliphatic heterocycles. The third-order valence-corrected chi connectivity index (χ3v) is 5.02. The number of fused-ring (bicyclic) bond motifs is 2. The molecule has 0 saturated carbocycles. The van der Waals surface area contributed by atoms with Gasteiger partial charge in [-0.2, -0.15) is 4.98 Å². The van der Waals surface area contributed by atoms with E-state index in [1.165, 1.54) is 4.90 Å². The summed E-state index contributed by atoms with van der Waals surface area (Å²) < 4.78 is 11.2. The van der Waals surface area contributed by atoms with Crippen molar-refractivity contribution in [2.75, 3.05) is 20.3 Å². The first-order chi connectivity index (χ1) is 13.5. The van der Waals surface area contributed by atoms with Crippen molar-refractivity contribution in [3.8, 4) is 11.6 Å². The summed E-state index contributed by atoms with van der Waals surface area (Å²) in [6.07, 6.45) is 2.17. The predicted molar refractivity (Wildman–Crippen MR) is 103 cm³/mol. The van der Waals surface area contributed by atoms with Crippen LogP contribution in [0.5, 0.6) is 11.6 Å². The van der Waals surface area contributed by atoms with Crippen molar-refractivity contribution < 1.29 is 19.4 Å². The van der Waals surface area contributed by atoms with E-state index in [1.807, 2.05) is 24.4 Å². The summed E-state index contributed by atoms with van der Waals surface area (Å²) >= 11 is 6.01. The van der Waals surface area contributed by atoms with Gasteiger partial charge in [-0.3, -0.25) is 0 Å². The minimum Gasteiger partial charge on any atom is -0.497 e. The zero-order valence-electron chi connectivity index (χ0n) is 15.2. The van der Waals surface area contributed by atoms with E-state index in [1.54, 1.807) is 7.11 Å². The largest absolute Gasteiger partial charge is 0.497 e. The maximum absolute atomic E-state index is 11.2. The number of halogens is 1. The molecule has 3 heterocycles. The summed E-state index contributed by atoms with van der Waals surface area (Å²) in [5, 5.41) is 10.3. The van der Waals surface area contributed by atoms with Crippen LogP contribution in [0, 0.1) is 0 Å². The molecule has 3 aromatic rings. The van der Waals surface area contributed by atoms with Gasteiger partial charge >= 0.3 is 6.09 Å². The van der Waals surface area contributed by atoms with E-state index >= 15 is 0 Å². The van der Waals surface area contributed by atoms with E-state index in [2.05, 4.69) is 15.0 Å². The lowest BCUT2D eigenvalue weighted by Crippen LogP contribution is -2.35. The summed E-state index contributed by atoms with van der Waals surface area (Å²) in [4.78, 5) is 24.1. The van der Waals surface area contributed by atoms with Crippen LogP contribution in [-0.4, -0.2) is 51.3 Å². The average Bonchev–Trinajstić information content (AvgIpc) is 3.09. The molecule has 9 heteroatoms. The lowest BCUT2D eigenvalue weighted by atomic mass is 10.1. The summed E-state index contributed by atoms with van der Waals surface area (Å²) in [6, 6.07) is 5.90. The van der Waals surface area contributed by atoms with Crippen LogP contribution in [0.3, 0.4) is 0 Å². The highest BCUT2D eigenvalue weighted by Crippen LogP contribution is 2.28. The molecule has 0 radical (unpaired) electrons. The zero-order chi connectivity index (χ0) is 19.7. The molecule has 0 spiro atoms. The Bertz CT molecular complexity index is 1040. The molecule has 2 N–H and O–H groups in total. The average molecular weight is 403 g/mol. The van der Waals surface area contributed by atoms with E-state index in [4.69, 9.17) is 21.1 Å². The molecule has 4 rings (SSSR count). The molecule has 28 heavy (non-hydrogen) atoms. The second kappa shape index (κ2) is 7.55. The van der Waals surface area contributed by atoms with Gasteiger partial charge in [0.15, 0.2) is 0 Å². The lowest BCUT2D eigenvalue weighted by molar-refractivity contribution is 0.138. The molecule has 0 fully saturated rings. The SMILES string of the molecule is COc1ccc2c(CCOc3nc(Cl)nc4c3CCN(C(=O)O)C4)c[nH]c2c1. The number of nitrogens with zero attached hydrogens (tertiary/aromatic N) is 3. The van der Waals surface area contributed by atoms with Crippen molar-refractivity contribution >= 4 is 28.6 Å². The van der Waals surface area contributed by atoms with Crippen molar-refractivity contribution in [3.63, 3.8) is 0 Å². The number of aromatic amines is 1. The molecular weight excluding hydrogens is 384 g/mol. The third-order valence-electron chi connectivity index (χ3n) is 4.86. The number of carbonyl (C=O) groups is 1. The van der Waals surface area contributed by atoms with Gasteiger partial charge in [-0.15, -0.1) is 0 Å². The lowest BCUT2D eigenvalue weighted by Gasteiger charge is -2.26. The number of hydrogen-bond donors (Lipinski definition) is 2. The van der Waals surface area contributed by atoms with E-state index in [0.717, 1.165) is 27.8 Å². The van der Waals surface area contributed by atoms with Crippen molar-refractivity contribution in [2.24, 2.45) is 0 Å². The summed E-state index contributed by atoms with van der Waals surface area (Å²) in [5.74, 6) is 1.23. The number of rotatable bonds is 5. The third kappa shape index (κ3) is 3.55. The molecule has 0 saturated heterocycles. The smallest absolute Gasteiger partial charge is 0.407 e. The van der Waals surface area contributed by atoms with Crippen molar-refractivity contribution in [1.29, 1.82) is 0 Å². The highest BCUT2D eigenvalue weighted by atomic mass is 35.5. The molecule has 0 unspecified atom stereocenters. The molecular formula is C19H19ClN4O4. The highest BCUT2D eigenvalue weighted by molar-refractivity contribution is 6.28. The fourth-order valence-corrected chi connectivity index (χ4v) is 3.59. The summed E-state index contributed by atoms with van der Waals surface area (Å²) in [5.41, 5.74) is 3.56. The quantitative estimate of drug-likeness (QED) is 0.635. The number of benzene rings is 1. The van der Waals surface area contributed by atoms with Gasteiger partial charge in [0.2, 0.25) is 11.2 Å². The molecule has 1 aliphatic rings. The Morgan fingerprint density at radius 2 is 2.25 bits per heavy atom. The molecule has 146 valence electrons. The van der Waals surface area contributed by atoms with Gasteiger partial charge in [0.25, 0.3) is 0 Å². The fourth-order valence-electron chi connectivity index (χ4n) is 3.41. The fraction of sp³-hybridized carbons (Fsp3) is 0.316. The Hall–Kier alpha value is -3.00. The first kappa shape index (κ1) is 18.4. The second-order valence-corrected chi connectivity index (χ2v) is 6.84. The van der Waals surface area contributed by atoms with E-state index in [9.17, 15) is 9.90 Å². The standard InChI is InChI=1S/C19H19ClN4O4/c1-27-12-2-3-13-11(9-21-15(13)8-12)5-7-28-17-14-4-6-24(19(25)26)10-16(14)22-18(20)23-17/h2-3,8-9,21H,4-7,10H2,1H3,(H,25,26). The Labute approximate surface area is 166 Å². The normalized spacial score (nSPS) is 13.4. The molecule has 0 atom stereocenters. The van der Waals surface area contributed by atoms with Crippen LogP contribution in [0.2, 0.25) is 5.28 Å².